The summed E-state index contributed by atoms with van der Waals surface area (Å²) in [5.74, 6) is -1.29. The second kappa shape index (κ2) is 6.01. The summed E-state index contributed by atoms with van der Waals surface area (Å²) in [5, 5.41) is -0.722. The van der Waals surface area contributed by atoms with E-state index in [-0.39, 0.29) is 19.6 Å². The first kappa shape index (κ1) is 19.3. The van der Waals surface area contributed by atoms with Crippen molar-refractivity contribution < 1.29 is 41.1 Å². The van der Waals surface area contributed by atoms with Gasteiger partial charge in [-0.3, -0.25) is 4.18 Å². The summed E-state index contributed by atoms with van der Waals surface area (Å²) in [6, 6.07) is 0. The zero-order valence-corrected chi connectivity index (χ0v) is 15.7. The highest BCUT2D eigenvalue weighted by molar-refractivity contribution is 7.87. The molecule has 3 rings (SSSR count). The summed E-state index contributed by atoms with van der Waals surface area (Å²) < 4.78 is 51.1. The van der Waals surface area contributed by atoms with Crippen LogP contribution in [-0.4, -0.2) is 68.3 Å². The molecule has 0 saturated carbocycles. The highest BCUT2D eigenvalue weighted by Gasteiger charge is 2.82. The summed E-state index contributed by atoms with van der Waals surface area (Å²) in [6.07, 6.45) is 0.598. The van der Waals surface area contributed by atoms with Crippen LogP contribution in [0.5, 0.6) is 0 Å². The van der Waals surface area contributed by atoms with Crippen molar-refractivity contribution in [3.8, 4) is 0 Å². The molecule has 5 unspecified atom stereocenters. The second-order valence-corrected chi connectivity index (χ2v) is 8.87. The van der Waals surface area contributed by atoms with E-state index in [0.29, 0.717) is 0 Å². The van der Waals surface area contributed by atoms with Crippen molar-refractivity contribution in [3.05, 3.63) is 12.7 Å². The lowest BCUT2D eigenvalue weighted by Crippen LogP contribution is -2.64. The molecule has 3 aliphatic heterocycles. The second-order valence-electron chi connectivity index (χ2n) is 7.11. The lowest BCUT2D eigenvalue weighted by atomic mass is 9.67. The minimum absolute atomic E-state index is 0.0997. The van der Waals surface area contributed by atoms with Gasteiger partial charge in [0, 0.05) is 12.5 Å². The van der Waals surface area contributed by atoms with E-state index in [1.165, 1.54) is 0 Å². The summed E-state index contributed by atoms with van der Waals surface area (Å²) in [5.41, 5.74) is -3.28. The quantitative estimate of drug-likeness (QED) is 0.258. The van der Waals surface area contributed by atoms with Gasteiger partial charge in [0.05, 0.1) is 5.60 Å². The molecule has 5 atom stereocenters. The third kappa shape index (κ3) is 2.58. The lowest BCUT2D eigenvalue weighted by molar-refractivity contribution is -0.190. The van der Waals surface area contributed by atoms with Crippen LogP contribution in [0.25, 0.3) is 0 Å². The Labute approximate surface area is 151 Å². The Hall–Kier alpha value is -1.49. The van der Waals surface area contributed by atoms with Gasteiger partial charge in [0.1, 0.15) is 42.4 Å². The van der Waals surface area contributed by atoms with Crippen LogP contribution >= 0.6 is 0 Å². The van der Waals surface area contributed by atoms with Crippen LogP contribution in [0, 0.1) is 0 Å². The maximum Gasteiger partial charge on any atom is 0.332 e. The molecular formula is C16H22O9S. The highest BCUT2D eigenvalue weighted by Crippen LogP contribution is 2.64. The Morgan fingerprint density at radius 2 is 1.88 bits per heavy atom. The van der Waals surface area contributed by atoms with Gasteiger partial charge in [0.2, 0.25) is 0 Å². The predicted octanol–water partition coefficient (Wildman–Crippen LogP) is 0.0826. The molecule has 2 bridgehead atoms. The zero-order chi connectivity index (χ0) is 19.4. The van der Waals surface area contributed by atoms with Gasteiger partial charge < -0.3 is 18.9 Å². The number of esters is 2. The van der Waals surface area contributed by atoms with Gasteiger partial charge in [-0.15, -0.1) is 0 Å². The van der Waals surface area contributed by atoms with Crippen molar-refractivity contribution in [1.29, 1.82) is 0 Å². The fraction of sp³-hybridized carbons (Fsp3) is 0.750. The number of fused-ring (bicyclic) bond motifs is 1. The maximum atomic E-state index is 12.2. The third-order valence-corrected chi connectivity index (χ3v) is 7.44. The molecule has 3 heterocycles. The molecule has 0 aromatic rings. The first-order valence-corrected chi connectivity index (χ1v) is 9.67. The Balaban J connectivity index is 1.60. The van der Waals surface area contributed by atoms with Crippen LogP contribution in [0.4, 0.5) is 0 Å². The molecule has 0 N–H and O–H groups in total. The van der Waals surface area contributed by atoms with Gasteiger partial charge in [0.25, 0.3) is 10.1 Å². The molecule has 0 aliphatic carbocycles. The molecule has 0 amide bonds. The summed E-state index contributed by atoms with van der Waals surface area (Å²) >= 11 is 0. The molecular weight excluding hydrogens is 368 g/mol. The molecule has 3 aliphatic rings. The van der Waals surface area contributed by atoms with Crippen LogP contribution in [0.1, 0.15) is 27.2 Å². The molecule has 3 saturated heterocycles. The van der Waals surface area contributed by atoms with Crippen LogP contribution in [0.2, 0.25) is 0 Å². The number of hydrogen-bond acceptors (Lipinski definition) is 9. The SMILES string of the molecule is C=CC(=O)OCCOC(=O)COC1(C)C2(C)CC3C(O2)C1(C)OS3(=O)=O. The highest BCUT2D eigenvalue weighted by atomic mass is 32.2. The Bertz CT molecular complexity index is 747. The number of carbonyl (C=O) groups excluding carboxylic acids is 2. The van der Waals surface area contributed by atoms with Crippen molar-refractivity contribution in [2.75, 3.05) is 19.8 Å². The molecule has 0 aromatic heterocycles. The number of hydrogen-bond donors (Lipinski definition) is 0. The van der Waals surface area contributed by atoms with E-state index in [9.17, 15) is 18.0 Å². The van der Waals surface area contributed by atoms with Gasteiger partial charge in [-0.25, -0.2) is 9.59 Å². The van der Waals surface area contributed by atoms with Gasteiger partial charge in [-0.1, -0.05) is 6.58 Å². The van der Waals surface area contributed by atoms with Crippen LogP contribution in [0.15, 0.2) is 12.7 Å². The largest absolute Gasteiger partial charge is 0.460 e. The molecule has 3 fully saturated rings. The number of carbonyl (C=O) groups is 2. The van der Waals surface area contributed by atoms with E-state index in [1.807, 2.05) is 0 Å². The first-order valence-electron chi connectivity index (χ1n) is 8.20. The fourth-order valence-corrected chi connectivity index (χ4v) is 6.05. The third-order valence-electron chi connectivity index (χ3n) is 5.71. The monoisotopic (exact) mass is 390 g/mol. The van der Waals surface area contributed by atoms with Crippen molar-refractivity contribution >= 4 is 22.1 Å². The normalized spacial score (nSPS) is 41.8. The minimum Gasteiger partial charge on any atom is -0.460 e. The Kier molecular flexibility index (Phi) is 4.46. The van der Waals surface area contributed by atoms with Crippen molar-refractivity contribution in [3.63, 3.8) is 0 Å². The van der Waals surface area contributed by atoms with Crippen LogP contribution in [0.3, 0.4) is 0 Å². The molecule has 146 valence electrons. The van der Waals surface area contributed by atoms with Crippen molar-refractivity contribution in [2.24, 2.45) is 0 Å². The van der Waals surface area contributed by atoms with Gasteiger partial charge >= 0.3 is 11.9 Å². The average molecular weight is 390 g/mol. The predicted molar refractivity (Wildman–Crippen MR) is 86.6 cm³/mol. The lowest BCUT2D eigenvalue weighted by Gasteiger charge is -2.45. The van der Waals surface area contributed by atoms with E-state index in [1.54, 1.807) is 20.8 Å². The van der Waals surface area contributed by atoms with E-state index in [2.05, 4.69) is 6.58 Å². The molecule has 9 nitrogen and oxygen atoms in total. The topological polar surface area (TPSA) is 114 Å². The van der Waals surface area contributed by atoms with Gasteiger partial charge in [0.15, 0.2) is 0 Å². The molecule has 10 heteroatoms. The molecule has 26 heavy (non-hydrogen) atoms. The number of ether oxygens (including phenoxy) is 4. The van der Waals surface area contributed by atoms with Crippen LogP contribution < -0.4 is 0 Å². The Morgan fingerprint density at radius 3 is 2.54 bits per heavy atom. The van der Waals surface area contributed by atoms with E-state index < -0.39 is 56.8 Å². The molecule has 0 radical (unpaired) electrons. The van der Waals surface area contributed by atoms with E-state index in [0.717, 1.165) is 6.08 Å². The van der Waals surface area contributed by atoms with E-state index in [4.69, 9.17) is 23.1 Å². The number of rotatable bonds is 7. The average Bonchev–Trinajstić information content (AvgIpc) is 3.07. The van der Waals surface area contributed by atoms with Gasteiger partial charge in [-0.05, 0) is 20.8 Å². The van der Waals surface area contributed by atoms with E-state index >= 15 is 0 Å². The fourth-order valence-electron chi connectivity index (χ4n) is 4.05. The maximum absolute atomic E-state index is 12.2. The summed E-state index contributed by atoms with van der Waals surface area (Å²) in [7, 11) is -3.74. The van der Waals surface area contributed by atoms with Crippen LogP contribution in [-0.2, 0) is 42.8 Å². The van der Waals surface area contributed by atoms with Crippen molar-refractivity contribution in [2.45, 2.75) is 55.3 Å². The molecule has 0 aromatic carbocycles. The molecule has 0 spiro atoms. The first-order chi connectivity index (χ1) is 12.0. The minimum atomic E-state index is -3.74. The smallest absolute Gasteiger partial charge is 0.332 e. The summed E-state index contributed by atoms with van der Waals surface area (Å²) in [4.78, 5) is 22.8. The Morgan fingerprint density at radius 1 is 1.23 bits per heavy atom. The standard InChI is InChI=1S/C16H22O9S/c1-5-11(17)21-6-7-22-12(18)9-23-16(4)14(2)8-10-13(24-14)15(16,3)25-26(10,19)20/h5,10,13H,1,6-9H2,2-4H3. The van der Waals surface area contributed by atoms with Gasteiger partial charge in [-0.2, -0.15) is 8.42 Å². The van der Waals surface area contributed by atoms with Crippen molar-refractivity contribution in [1.82, 2.24) is 0 Å². The summed E-state index contributed by atoms with van der Waals surface area (Å²) in [6.45, 7) is 7.67. The zero-order valence-electron chi connectivity index (χ0n) is 14.9.